The minimum Gasteiger partial charge on any atom is -0.311 e. The summed E-state index contributed by atoms with van der Waals surface area (Å²) in [6.07, 6.45) is 1.78. The molecule has 3 rings (SSSR count). The first-order valence-corrected chi connectivity index (χ1v) is 7.33. The van der Waals surface area contributed by atoms with Crippen LogP contribution in [0.25, 0.3) is 10.1 Å². The van der Waals surface area contributed by atoms with Gasteiger partial charge in [0.25, 0.3) is 5.56 Å². The molecule has 19 heavy (non-hydrogen) atoms. The molecule has 0 aliphatic heterocycles. The summed E-state index contributed by atoms with van der Waals surface area (Å²) in [6.45, 7) is 0.434. The van der Waals surface area contributed by atoms with E-state index in [1.165, 1.54) is 6.07 Å². The molecule has 0 saturated heterocycles. The van der Waals surface area contributed by atoms with Gasteiger partial charge in [-0.2, -0.15) is 0 Å². The third-order valence-electron chi connectivity index (χ3n) is 2.93. The van der Waals surface area contributed by atoms with Crippen molar-refractivity contribution in [2.45, 2.75) is 6.54 Å². The predicted octanol–water partition coefficient (Wildman–Crippen LogP) is 4.01. The van der Waals surface area contributed by atoms with Gasteiger partial charge in [0.2, 0.25) is 0 Å². The van der Waals surface area contributed by atoms with Crippen molar-refractivity contribution in [3.8, 4) is 0 Å². The van der Waals surface area contributed by atoms with E-state index < -0.39 is 0 Å². The second-order valence-electron chi connectivity index (χ2n) is 4.20. The summed E-state index contributed by atoms with van der Waals surface area (Å²) in [4.78, 5) is 12.2. The Morgan fingerprint density at radius 1 is 1.26 bits per heavy atom. The lowest BCUT2D eigenvalue weighted by Crippen LogP contribution is -2.19. The average Bonchev–Trinajstić information content (AvgIpc) is 2.86. The Morgan fingerprint density at radius 2 is 2.11 bits per heavy atom. The van der Waals surface area contributed by atoms with Crippen LogP contribution in [0.2, 0.25) is 0 Å². The fourth-order valence-corrected chi connectivity index (χ4v) is 3.16. The molecular weight excluding hydrogens is 329 g/mol. The number of nitrogens with zero attached hydrogens (tertiary/aromatic N) is 1. The molecule has 2 aromatic heterocycles. The summed E-state index contributed by atoms with van der Waals surface area (Å²) in [5.74, 6) is -0.301. The van der Waals surface area contributed by atoms with E-state index in [9.17, 15) is 9.18 Å². The average molecular weight is 338 g/mol. The first-order chi connectivity index (χ1) is 9.15. The number of rotatable bonds is 2. The maximum atomic E-state index is 13.2. The number of hydrogen-bond donors (Lipinski definition) is 0. The van der Waals surface area contributed by atoms with Crippen molar-refractivity contribution in [2.75, 3.05) is 0 Å². The summed E-state index contributed by atoms with van der Waals surface area (Å²) >= 11 is 4.70. The van der Waals surface area contributed by atoms with Crippen molar-refractivity contribution in [3.05, 3.63) is 68.1 Å². The molecule has 3 aromatic rings. The smallest absolute Gasteiger partial charge is 0.259 e. The molecule has 96 valence electrons. The summed E-state index contributed by atoms with van der Waals surface area (Å²) in [7, 11) is 0. The van der Waals surface area contributed by atoms with Crippen LogP contribution in [0.15, 0.2) is 51.2 Å². The van der Waals surface area contributed by atoms with Crippen LogP contribution in [-0.2, 0) is 6.54 Å². The second-order valence-corrected chi connectivity index (χ2v) is 6.00. The van der Waals surface area contributed by atoms with Gasteiger partial charge >= 0.3 is 0 Å². The molecule has 0 aliphatic rings. The third kappa shape index (κ3) is 2.35. The maximum absolute atomic E-state index is 13.2. The number of aromatic nitrogens is 1. The number of halogens is 2. The molecule has 0 saturated carbocycles. The Labute approximate surface area is 121 Å². The highest BCUT2D eigenvalue weighted by Crippen LogP contribution is 2.19. The van der Waals surface area contributed by atoms with Crippen molar-refractivity contribution in [1.29, 1.82) is 0 Å². The zero-order valence-electron chi connectivity index (χ0n) is 9.77. The van der Waals surface area contributed by atoms with E-state index in [0.29, 0.717) is 11.0 Å². The molecule has 1 aromatic carbocycles. The van der Waals surface area contributed by atoms with Gasteiger partial charge in [-0.3, -0.25) is 4.79 Å². The Hall–Kier alpha value is -1.46. The molecule has 5 heteroatoms. The van der Waals surface area contributed by atoms with Gasteiger partial charge in [-0.05, 0) is 51.1 Å². The quantitative estimate of drug-likeness (QED) is 0.692. The van der Waals surface area contributed by atoms with E-state index in [1.807, 2.05) is 17.5 Å². The Kier molecular flexibility index (Phi) is 3.24. The first kappa shape index (κ1) is 12.6. The van der Waals surface area contributed by atoms with Crippen LogP contribution in [0.1, 0.15) is 5.56 Å². The van der Waals surface area contributed by atoms with Crippen LogP contribution in [0.5, 0.6) is 0 Å². The molecule has 0 atom stereocenters. The van der Waals surface area contributed by atoms with Crippen LogP contribution < -0.4 is 5.56 Å². The van der Waals surface area contributed by atoms with E-state index in [4.69, 9.17) is 0 Å². The fraction of sp³-hybridized carbons (Fsp3) is 0.0714. The maximum Gasteiger partial charge on any atom is 0.259 e. The molecule has 0 bridgehead atoms. The molecule has 0 amide bonds. The molecule has 0 spiro atoms. The molecule has 0 unspecified atom stereocenters. The van der Waals surface area contributed by atoms with Gasteiger partial charge in [-0.15, -0.1) is 11.3 Å². The third-order valence-corrected chi connectivity index (χ3v) is 4.42. The number of pyridine rings is 1. The van der Waals surface area contributed by atoms with Gasteiger partial charge < -0.3 is 4.57 Å². The first-order valence-electron chi connectivity index (χ1n) is 5.66. The standard InChI is InChI=1S/C14H9BrFNOS/c15-11-7-9(1-2-12(11)16)8-17-5-3-13-10(14(17)18)4-6-19-13/h1-7H,8H2. The van der Waals surface area contributed by atoms with Gasteiger partial charge in [0.05, 0.1) is 16.4 Å². The summed E-state index contributed by atoms with van der Waals surface area (Å²) in [5, 5.41) is 2.64. The van der Waals surface area contributed by atoms with Gasteiger partial charge in [-0.25, -0.2) is 4.39 Å². The molecule has 2 heterocycles. The Morgan fingerprint density at radius 3 is 2.89 bits per heavy atom. The topological polar surface area (TPSA) is 22.0 Å². The highest BCUT2D eigenvalue weighted by atomic mass is 79.9. The van der Waals surface area contributed by atoms with Crippen molar-refractivity contribution in [2.24, 2.45) is 0 Å². The van der Waals surface area contributed by atoms with Crippen LogP contribution >= 0.6 is 27.3 Å². The summed E-state index contributed by atoms with van der Waals surface area (Å²) in [6, 6.07) is 8.54. The summed E-state index contributed by atoms with van der Waals surface area (Å²) < 4.78 is 16.2. The highest BCUT2D eigenvalue weighted by Gasteiger charge is 2.06. The highest BCUT2D eigenvalue weighted by molar-refractivity contribution is 9.10. The minimum atomic E-state index is -0.301. The normalized spacial score (nSPS) is 11.1. The van der Waals surface area contributed by atoms with Crippen LogP contribution in [0, 0.1) is 5.82 Å². The monoisotopic (exact) mass is 337 g/mol. The van der Waals surface area contributed by atoms with Gasteiger partial charge in [0, 0.05) is 10.9 Å². The molecule has 0 aliphatic carbocycles. The van der Waals surface area contributed by atoms with Crippen LogP contribution in [0.4, 0.5) is 4.39 Å². The molecular formula is C14H9BrFNOS. The largest absolute Gasteiger partial charge is 0.311 e. The van der Waals surface area contributed by atoms with Crippen LogP contribution in [-0.4, -0.2) is 4.57 Å². The fourth-order valence-electron chi connectivity index (χ4n) is 1.97. The summed E-state index contributed by atoms with van der Waals surface area (Å²) in [5.41, 5.74) is 0.865. The molecule has 0 fully saturated rings. The van der Waals surface area contributed by atoms with Crippen LogP contribution in [0.3, 0.4) is 0 Å². The van der Waals surface area contributed by atoms with E-state index in [0.717, 1.165) is 15.6 Å². The predicted molar refractivity (Wildman–Crippen MR) is 79.3 cm³/mol. The Balaban J connectivity index is 2.03. The lowest BCUT2D eigenvalue weighted by atomic mass is 10.2. The van der Waals surface area contributed by atoms with E-state index >= 15 is 0 Å². The van der Waals surface area contributed by atoms with Crippen molar-refractivity contribution in [1.82, 2.24) is 4.57 Å². The van der Waals surface area contributed by atoms with E-state index in [2.05, 4.69) is 15.9 Å². The van der Waals surface area contributed by atoms with Gasteiger partial charge in [-0.1, -0.05) is 6.07 Å². The van der Waals surface area contributed by atoms with Gasteiger partial charge in [0.1, 0.15) is 5.82 Å². The molecule has 0 N–H and O–H groups in total. The number of fused-ring (bicyclic) bond motifs is 1. The second kappa shape index (κ2) is 4.90. The zero-order chi connectivity index (χ0) is 13.4. The number of hydrogen-bond acceptors (Lipinski definition) is 2. The Bertz CT molecular complexity index is 809. The minimum absolute atomic E-state index is 0.0146. The van der Waals surface area contributed by atoms with E-state index in [-0.39, 0.29) is 11.4 Å². The SMILES string of the molecule is O=c1c2ccsc2ccn1Cc1ccc(F)c(Br)c1. The number of thiophene rings is 1. The lowest BCUT2D eigenvalue weighted by molar-refractivity contribution is 0.619. The molecule has 0 radical (unpaired) electrons. The number of benzene rings is 1. The van der Waals surface area contributed by atoms with E-state index in [1.54, 1.807) is 34.2 Å². The van der Waals surface area contributed by atoms with Crippen molar-refractivity contribution in [3.63, 3.8) is 0 Å². The molecule has 2 nitrogen and oxygen atoms in total. The van der Waals surface area contributed by atoms with Gasteiger partial charge in [0.15, 0.2) is 0 Å². The van der Waals surface area contributed by atoms with Crippen molar-refractivity contribution >= 4 is 37.4 Å². The zero-order valence-corrected chi connectivity index (χ0v) is 12.2. The lowest BCUT2D eigenvalue weighted by Gasteiger charge is -2.06. The van der Waals surface area contributed by atoms with Crippen molar-refractivity contribution < 1.29 is 4.39 Å².